The second kappa shape index (κ2) is 10.0. The van der Waals surface area contributed by atoms with Crippen LogP contribution in [0.3, 0.4) is 0 Å². The Labute approximate surface area is 153 Å². The van der Waals surface area contributed by atoms with Crippen LogP contribution in [0.4, 0.5) is 5.69 Å². The minimum Gasteiger partial charge on any atom is -0.494 e. The minimum atomic E-state index is -0.574. The van der Waals surface area contributed by atoms with E-state index in [0.29, 0.717) is 12.3 Å². The molecule has 26 heavy (non-hydrogen) atoms. The summed E-state index contributed by atoms with van der Waals surface area (Å²) in [7, 11) is 0. The molecule has 0 spiro atoms. The molecule has 0 saturated heterocycles. The summed E-state index contributed by atoms with van der Waals surface area (Å²) in [6.45, 7) is 4.25. The molecule has 2 aromatic carbocycles. The van der Waals surface area contributed by atoms with E-state index in [1.807, 2.05) is 55.5 Å². The summed E-state index contributed by atoms with van der Waals surface area (Å²) in [5, 5.41) is 2.69. The van der Waals surface area contributed by atoms with Gasteiger partial charge >= 0.3 is 5.97 Å². The highest BCUT2D eigenvalue weighted by Crippen LogP contribution is 2.13. The van der Waals surface area contributed by atoms with E-state index in [4.69, 9.17) is 9.47 Å². The predicted molar refractivity (Wildman–Crippen MR) is 102 cm³/mol. The Morgan fingerprint density at radius 1 is 1.00 bits per heavy atom. The molecule has 0 atom stereocenters. The van der Waals surface area contributed by atoms with Gasteiger partial charge in [0.2, 0.25) is 0 Å². The Morgan fingerprint density at radius 3 is 2.31 bits per heavy atom. The van der Waals surface area contributed by atoms with Crippen molar-refractivity contribution in [3.63, 3.8) is 0 Å². The van der Waals surface area contributed by atoms with Crippen LogP contribution in [0, 0.1) is 0 Å². The fourth-order valence-corrected chi connectivity index (χ4v) is 2.21. The number of hydrogen-bond acceptors (Lipinski definition) is 4. The van der Waals surface area contributed by atoms with Crippen LogP contribution in [0.25, 0.3) is 6.08 Å². The van der Waals surface area contributed by atoms with Gasteiger partial charge in [-0.25, -0.2) is 4.79 Å². The molecule has 0 radical (unpaired) electrons. The summed E-state index contributed by atoms with van der Waals surface area (Å²) in [6.07, 6.45) is 3.85. The van der Waals surface area contributed by atoms with E-state index in [0.717, 1.165) is 17.7 Å². The highest BCUT2D eigenvalue weighted by atomic mass is 16.5. The first-order chi connectivity index (χ1) is 12.6. The van der Waals surface area contributed by atoms with Gasteiger partial charge in [0, 0.05) is 11.8 Å². The number of esters is 1. The fraction of sp³-hybridized carbons (Fsp3) is 0.238. The quantitative estimate of drug-likeness (QED) is 0.578. The molecule has 0 unspecified atom stereocenters. The molecule has 0 aliphatic rings. The zero-order valence-corrected chi connectivity index (χ0v) is 15.0. The molecule has 2 aromatic rings. The molecule has 1 N–H and O–H groups in total. The van der Waals surface area contributed by atoms with Gasteiger partial charge in [0.05, 0.1) is 6.61 Å². The van der Waals surface area contributed by atoms with Crippen molar-refractivity contribution >= 4 is 23.6 Å². The Hall–Kier alpha value is -3.08. The lowest BCUT2D eigenvalue weighted by Crippen LogP contribution is -2.20. The summed E-state index contributed by atoms with van der Waals surface area (Å²) in [6, 6.07) is 14.9. The van der Waals surface area contributed by atoms with Crippen LogP contribution >= 0.6 is 0 Å². The number of anilines is 1. The van der Waals surface area contributed by atoms with Crippen molar-refractivity contribution < 1.29 is 19.1 Å². The lowest BCUT2D eigenvalue weighted by Gasteiger charge is -2.06. The second-order valence-electron chi connectivity index (χ2n) is 5.54. The predicted octanol–water partition coefficient (Wildman–Crippen LogP) is 3.84. The topological polar surface area (TPSA) is 64.6 Å². The molecular weight excluding hydrogens is 330 g/mol. The summed E-state index contributed by atoms with van der Waals surface area (Å²) in [4.78, 5) is 23.5. The van der Waals surface area contributed by atoms with E-state index in [-0.39, 0.29) is 12.5 Å². The first kappa shape index (κ1) is 19.2. The number of carbonyl (C=O) groups is 2. The molecule has 5 nitrogen and oxygen atoms in total. The molecule has 5 heteroatoms. The smallest absolute Gasteiger partial charge is 0.331 e. The lowest BCUT2D eigenvalue weighted by atomic mass is 10.1. The van der Waals surface area contributed by atoms with Gasteiger partial charge in [-0.1, -0.05) is 31.2 Å². The molecular formula is C21H23NO4. The lowest BCUT2D eigenvalue weighted by molar-refractivity contribution is -0.142. The number of aryl methyl sites for hydroxylation is 1. The van der Waals surface area contributed by atoms with E-state index in [1.54, 1.807) is 6.08 Å². The third-order valence-corrected chi connectivity index (χ3v) is 3.59. The Kier molecular flexibility index (Phi) is 7.43. The van der Waals surface area contributed by atoms with Crippen LogP contribution in [0.2, 0.25) is 0 Å². The van der Waals surface area contributed by atoms with Gasteiger partial charge in [-0.05, 0) is 54.8 Å². The maximum atomic E-state index is 11.8. The van der Waals surface area contributed by atoms with Crippen LogP contribution in [0.15, 0.2) is 54.6 Å². The monoisotopic (exact) mass is 353 g/mol. The van der Waals surface area contributed by atoms with Gasteiger partial charge < -0.3 is 14.8 Å². The van der Waals surface area contributed by atoms with E-state index in [1.165, 1.54) is 11.6 Å². The molecule has 2 rings (SSSR count). The Morgan fingerprint density at radius 2 is 1.69 bits per heavy atom. The van der Waals surface area contributed by atoms with Gasteiger partial charge in [0.15, 0.2) is 6.61 Å². The SMILES string of the molecule is CCOc1ccc(/C=C/C(=O)OCC(=O)Nc2ccc(CC)cc2)cc1. The zero-order chi connectivity index (χ0) is 18.8. The average molecular weight is 353 g/mol. The fourth-order valence-electron chi connectivity index (χ4n) is 2.21. The van der Waals surface area contributed by atoms with Gasteiger partial charge in [0.25, 0.3) is 5.91 Å². The van der Waals surface area contributed by atoms with Crippen molar-refractivity contribution in [1.82, 2.24) is 0 Å². The summed E-state index contributed by atoms with van der Waals surface area (Å²) in [5.74, 6) is -0.178. The van der Waals surface area contributed by atoms with Gasteiger partial charge in [-0.3, -0.25) is 4.79 Å². The molecule has 0 fully saturated rings. The van der Waals surface area contributed by atoms with Crippen molar-refractivity contribution in [3.8, 4) is 5.75 Å². The van der Waals surface area contributed by atoms with E-state index >= 15 is 0 Å². The van der Waals surface area contributed by atoms with Crippen molar-refractivity contribution in [3.05, 3.63) is 65.7 Å². The van der Waals surface area contributed by atoms with Crippen LogP contribution in [0.5, 0.6) is 5.75 Å². The third-order valence-electron chi connectivity index (χ3n) is 3.59. The number of carbonyl (C=O) groups excluding carboxylic acids is 2. The molecule has 0 bridgehead atoms. The standard InChI is InChI=1S/C21H23NO4/c1-3-16-5-10-18(11-6-16)22-20(23)15-26-21(24)14-9-17-7-12-19(13-8-17)25-4-2/h5-14H,3-4,15H2,1-2H3,(H,22,23)/b14-9+. The Bertz CT molecular complexity index is 749. The van der Waals surface area contributed by atoms with Crippen LogP contribution in [-0.4, -0.2) is 25.1 Å². The average Bonchev–Trinajstić information content (AvgIpc) is 2.66. The minimum absolute atomic E-state index is 0.331. The maximum Gasteiger partial charge on any atom is 0.331 e. The van der Waals surface area contributed by atoms with Gasteiger partial charge in [0.1, 0.15) is 5.75 Å². The third kappa shape index (κ3) is 6.43. The second-order valence-corrected chi connectivity index (χ2v) is 5.54. The van der Waals surface area contributed by atoms with Crippen molar-refractivity contribution in [2.75, 3.05) is 18.5 Å². The molecule has 0 aliphatic heterocycles. The number of hydrogen-bond donors (Lipinski definition) is 1. The maximum absolute atomic E-state index is 11.8. The first-order valence-corrected chi connectivity index (χ1v) is 8.57. The number of ether oxygens (including phenoxy) is 2. The highest BCUT2D eigenvalue weighted by Gasteiger charge is 2.05. The van der Waals surface area contributed by atoms with Crippen LogP contribution < -0.4 is 10.1 Å². The van der Waals surface area contributed by atoms with Crippen LogP contribution in [-0.2, 0) is 20.7 Å². The number of nitrogens with one attached hydrogen (secondary N) is 1. The first-order valence-electron chi connectivity index (χ1n) is 8.57. The number of rotatable bonds is 8. The Balaban J connectivity index is 1.77. The molecule has 0 aliphatic carbocycles. The summed E-state index contributed by atoms with van der Waals surface area (Å²) in [5.41, 5.74) is 2.70. The van der Waals surface area contributed by atoms with Gasteiger partial charge in [-0.2, -0.15) is 0 Å². The highest BCUT2D eigenvalue weighted by molar-refractivity contribution is 5.94. The van der Waals surface area contributed by atoms with Crippen molar-refractivity contribution in [2.24, 2.45) is 0 Å². The molecule has 136 valence electrons. The number of benzene rings is 2. The van der Waals surface area contributed by atoms with Gasteiger partial charge in [-0.15, -0.1) is 0 Å². The van der Waals surface area contributed by atoms with E-state index in [2.05, 4.69) is 12.2 Å². The van der Waals surface area contributed by atoms with Crippen LogP contribution in [0.1, 0.15) is 25.0 Å². The van der Waals surface area contributed by atoms with E-state index < -0.39 is 5.97 Å². The van der Waals surface area contributed by atoms with Crippen molar-refractivity contribution in [1.29, 1.82) is 0 Å². The molecule has 0 aromatic heterocycles. The van der Waals surface area contributed by atoms with Crippen molar-refractivity contribution in [2.45, 2.75) is 20.3 Å². The normalized spacial score (nSPS) is 10.5. The summed E-state index contributed by atoms with van der Waals surface area (Å²) >= 11 is 0. The largest absolute Gasteiger partial charge is 0.494 e. The molecule has 0 heterocycles. The molecule has 1 amide bonds. The zero-order valence-electron chi connectivity index (χ0n) is 15.0. The summed E-state index contributed by atoms with van der Waals surface area (Å²) < 4.78 is 10.3. The van der Waals surface area contributed by atoms with E-state index in [9.17, 15) is 9.59 Å². The number of amides is 1. The molecule has 0 saturated carbocycles.